The number of carboxylic acids is 1. The number of rotatable bonds is 8. The molecule has 4 heterocycles. The summed E-state index contributed by atoms with van der Waals surface area (Å²) >= 11 is 11.0. The van der Waals surface area contributed by atoms with Crippen molar-refractivity contribution in [2.75, 3.05) is 30.9 Å². The molecule has 4 N–H and O–H groups in total. The van der Waals surface area contributed by atoms with E-state index in [9.17, 15) is 19.5 Å². The highest BCUT2D eigenvalue weighted by molar-refractivity contribution is 8.01. The number of amides is 2. The van der Waals surface area contributed by atoms with Crippen molar-refractivity contribution in [3.8, 4) is 0 Å². The fourth-order valence-corrected chi connectivity index (χ4v) is 7.57. The van der Waals surface area contributed by atoms with Crippen molar-refractivity contribution >= 4 is 98.8 Å². The molecular weight excluding hydrogens is 569 g/mol. The summed E-state index contributed by atoms with van der Waals surface area (Å²) in [6.07, 6.45) is 0. The normalized spacial score (nSPS) is 24.0. The molecule has 0 aromatic carbocycles. The largest absolute Gasteiger partial charge is 0.481 e. The maximum Gasteiger partial charge on any atom is 0.313 e. The van der Waals surface area contributed by atoms with Crippen LogP contribution in [-0.4, -0.2) is 85.3 Å². The Morgan fingerprint density at radius 3 is 2.88 bits per heavy atom. The zero-order chi connectivity index (χ0) is 23.8. The van der Waals surface area contributed by atoms with Gasteiger partial charge in [0.1, 0.15) is 39.5 Å². The molecule has 0 spiro atoms. The second kappa shape index (κ2) is 10.8. The number of carbonyl (C=O) groups is 3. The highest BCUT2D eigenvalue weighted by atomic mass is 35.5. The van der Waals surface area contributed by atoms with Crippen molar-refractivity contribution in [3.63, 3.8) is 0 Å². The summed E-state index contributed by atoms with van der Waals surface area (Å²) < 4.78 is 0.820. The fraction of sp³-hybridized carbons (Fsp3) is 0.438. The first kappa shape index (κ1) is 26.7. The van der Waals surface area contributed by atoms with Crippen LogP contribution in [0.15, 0.2) is 15.0 Å². The number of carbonyl (C=O) groups excluding carboxylic acids is 2. The van der Waals surface area contributed by atoms with Gasteiger partial charge in [-0.1, -0.05) is 51.2 Å². The van der Waals surface area contributed by atoms with E-state index in [1.807, 2.05) is 0 Å². The molecule has 2 aromatic rings. The molecule has 34 heavy (non-hydrogen) atoms. The lowest BCUT2D eigenvalue weighted by Gasteiger charge is -2.53. The summed E-state index contributed by atoms with van der Waals surface area (Å²) in [5.74, 6) is -1.57. The van der Waals surface area contributed by atoms with Crippen LogP contribution in [0.1, 0.15) is 5.69 Å². The number of nitrogens with two attached hydrogens (primary N) is 1. The number of carboxylic acid groups (broad SMARTS) is 1. The molecule has 4 rings (SSSR count). The first-order chi connectivity index (χ1) is 15.8. The minimum absolute atomic E-state index is 0. The average molecular weight is 587 g/mol. The number of fused-ring (bicyclic) bond motifs is 1. The van der Waals surface area contributed by atoms with E-state index in [0.717, 1.165) is 11.3 Å². The molecule has 2 amide bonds. The monoisotopic (exact) mass is 585 g/mol. The van der Waals surface area contributed by atoms with Crippen LogP contribution in [0, 0.1) is 5.41 Å². The van der Waals surface area contributed by atoms with Crippen LogP contribution in [0.2, 0.25) is 4.34 Å². The van der Waals surface area contributed by atoms with E-state index >= 15 is 0 Å². The van der Waals surface area contributed by atoms with Crippen LogP contribution in [0.25, 0.3) is 0 Å². The van der Waals surface area contributed by atoms with E-state index in [0.29, 0.717) is 4.34 Å². The molecule has 2 fully saturated rings. The number of aromatic nitrogens is 3. The molecule has 2 aliphatic heterocycles. The Kier molecular flexibility index (Phi) is 8.51. The number of thiazole rings is 1. The maximum atomic E-state index is 12.8. The molecule has 2 aromatic heterocycles. The number of halogens is 2. The molecule has 12 nitrogen and oxygen atoms in total. The van der Waals surface area contributed by atoms with Crippen molar-refractivity contribution < 1.29 is 24.3 Å². The Hall–Kier alpha value is -1.85. The van der Waals surface area contributed by atoms with Gasteiger partial charge < -0.3 is 25.9 Å². The highest BCUT2D eigenvalue weighted by Gasteiger charge is 2.57. The van der Waals surface area contributed by atoms with Gasteiger partial charge in [0.15, 0.2) is 15.2 Å². The van der Waals surface area contributed by atoms with Gasteiger partial charge in [-0.15, -0.1) is 34.4 Å². The first-order valence-electron chi connectivity index (χ1n) is 9.14. The third-order valence-corrected chi connectivity index (χ3v) is 9.74. The number of oxime groups is 1. The van der Waals surface area contributed by atoms with Gasteiger partial charge in [-0.25, -0.2) is 4.98 Å². The quantitative estimate of drug-likeness (QED) is 0.176. The van der Waals surface area contributed by atoms with Crippen molar-refractivity contribution in [3.05, 3.63) is 15.5 Å². The molecule has 2 aliphatic rings. The van der Waals surface area contributed by atoms with Gasteiger partial charge in [0, 0.05) is 18.1 Å². The van der Waals surface area contributed by atoms with E-state index in [1.165, 1.54) is 46.9 Å². The van der Waals surface area contributed by atoms with Crippen LogP contribution < -0.4 is 11.1 Å². The van der Waals surface area contributed by atoms with Gasteiger partial charge in [0.2, 0.25) is 5.91 Å². The van der Waals surface area contributed by atoms with Crippen LogP contribution in [-0.2, 0) is 19.2 Å². The molecule has 0 radical (unpaired) electrons. The smallest absolute Gasteiger partial charge is 0.313 e. The number of nitrogen functional groups attached to an aromatic ring is 1. The van der Waals surface area contributed by atoms with E-state index < -0.39 is 28.7 Å². The summed E-state index contributed by atoms with van der Waals surface area (Å²) in [7, 11) is 1.26. The summed E-state index contributed by atoms with van der Waals surface area (Å²) in [5.41, 5.74) is 5.91. The highest BCUT2D eigenvalue weighted by Crippen LogP contribution is 2.44. The number of hydrogen-bond acceptors (Lipinski definition) is 13. The lowest BCUT2D eigenvalue weighted by molar-refractivity contribution is -0.157. The van der Waals surface area contributed by atoms with Crippen LogP contribution >= 0.6 is 70.2 Å². The zero-order valence-corrected chi connectivity index (χ0v) is 22.0. The molecule has 18 heteroatoms. The van der Waals surface area contributed by atoms with E-state index in [2.05, 4.69) is 25.7 Å². The molecule has 184 valence electrons. The lowest BCUT2D eigenvalue weighted by atomic mass is 9.89. The average Bonchev–Trinajstić information content (AvgIpc) is 3.42. The lowest BCUT2D eigenvalue weighted by Crippen LogP contribution is -2.74. The molecule has 0 bridgehead atoms. The number of β-lactam (4-membered cyclic amide) rings is 1. The molecule has 0 aliphatic carbocycles. The predicted molar refractivity (Wildman–Crippen MR) is 133 cm³/mol. The summed E-state index contributed by atoms with van der Waals surface area (Å²) in [6.45, 7) is 0.0322. The topological polar surface area (TPSA) is 173 Å². The summed E-state index contributed by atoms with van der Waals surface area (Å²) in [6, 6.07) is -0.845. The predicted octanol–water partition coefficient (Wildman–Crippen LogP) is 1.27. The number of thioether (sulfide) groups is 2. The third-order valence-electron chi connectivity index (χ3n) is 4.92. The number of nitrogens with zero attached hydrogens (tertiary/aromatic N) is 5. The van der Waals surface area contributed by atoms with Gasteiger partial charge in [-0.2, -0.15) is 0 Å². The molecule has 3 atom stereocenters. The van der Waals surface area contributed by atoms with Crippen molar-refractivity contribution in [1.82, 2.24) is 25.4 Å². The second-order valence-corrected chi connectivity index (χ2v) is 11.8. The van der Waals surface area contributed by atoms with Gasteiger partial charge >= 0.3 is 5.97 Å². The minimum Gasteiger partial charge on any atom is -0.481 e. The Labute approximate surface area is 220 Å². The van der Waals surface area contributed by atoms with E-state index in [4.69, 9.17) is 22.2 Å². The molecule has 2 unspecified atom stereocenters. The van der Waals surface area contributed by atoms with Crippen molar-refractivity contribution in [2.45, 2.75) is 15.8 Å². The third kappa shape index (κ3) is 5.06. The Bertz CT molecular complexity index is 1120. The number of nitrogens with one attached hydrogen (secondary N) is 1. The van der Waals surface area contributed by atoms with Crippen LogP contribution in [0.4, 0.5) is 5.13 Å². The number of anilines is 1. The van der Waals surface area contributed by atoms with Gasteiger partial charge in [0.25, 0.3) is 5.91 Å². The number of hydrogen-bond donors (Lipinski definition) is 3. The SMILES string of the molecule is CON=C(C(=O)NC1C(=O)N2CC(CSc3nncs3)(C(=O)O)CS[C@H]12)c1nc(N)sc1Cl.Cl. The minimum atomic E-state index is -1.14. The standard InChI is InChI=1S/C16H16ClN7O5S4.ClH/c1-29-23-7(6-9(17)33-14(18)21-6)10(25)20-8-11(26)24-2-16(13(27)28,3-30-12(8)24)4-31-15-22-19-5-32-15;/h5,8,12H,2-4H2,1H3,(H2,18,21)(H,20,25)(H,27,28);1H/t8?,12-,16?;/m1./s1. The Balaban J connectivity index is 0.00000324. The number of aliphatic carboxylic acids is 1. The van der Waals surface area contributed by atoms with Crippen LogP contribution in [0.3, 0.4) is 0 Å². The maximum absolute atomic E-state index is 12.8. The van der Waals surface area contributed by atoms with Gasteiger partial charge in [-0.05, 0) is 0 Å². The van der Waals surface area contributed by atoms with E-state index in [1.54, 1.807) is 5.51 Å². The molecule has 2 saturated heterocycles. The van der Waals surface area contributed by atoms with E-state index in [-0.39, 0.29) is 57.2 Å². The van der Waals surface area contributed by atoms with Gasteiger partial charge in [-0.3, -0.25) is 14.4 Å². The van der Waals surface area contributed by atoms with Gasteiger partial charge in [0.05, 0.1) is 0 Å². The molecule has 0 saturated carbocycles. The van der Waals surface area contributed by atoms with Crippen LogP contribution in [0.5, 0.6) is 0 Å². The summed E-state index contributed by atoms with van der Waals surface area (Å²) in [4.78, 5) is 48.0. The first-order valence-corrected chi connectivity index (χ1v) is 13.3. The fourth-order valence-electron chi connectivity index (χ4n) is 3.29. The second-order valence-electron chi connectivity index (χ2n) is 6.99. The Morgan fingerprint density at radius 2 is 2.29 bits per heavy atom. The zero-order valence-electron chi connectivity index (χ0n) is 17.2. The molecular formula is C16H17Cl2N7O5S4. The van der Waals surface area contributed by atoms with Crippen molar-refractivity contribution in [1.29, 1.82) is 0 Å². The van der Waals surface area contributed by atoms with Crippen molar-refractivity contribution in [2.24, 2.45) is 10.6 Å². The Morgan fingerprint density at radius 1 is 1.53 bits per heavy atom. The summed E-state index contributed by atoms with van der Waals surface area (Å²) in [5, 5.41) is 23.6.